The molecule has 1 saturated heterocycles. The zero-order valence-corrected chi connectivity index (χ0v) is 11.3. The minimum absolute atomic E-state index is 0.426. The van der Waals surface area contributed by atoms with Crippen molar-refractivity contribution in [1.29, 1.82) is 0 Å². The number of nitrogens with one attached hydrogen (secondary N) is 1. The Morgan fingerprint density at radius 2 is 1.74 bits per heavy atom. The molecule has 0 amide bonds. The second-order valence-corrected chi connectivity index (χ2v) is 5.15. The lowest BCUT2D eigenvalue weighted by atomic mass is 10.0. The highest BCUT2D eigenvalue weighted by Gasteiger charge is 2.21. The lowest BCUT2D eigenvalue weighted by Crippen LogP contribution is -2.46. The second-order valence-electron chi connectivity index (χ2n) is 5.15. The molecule has 2 nitrogen and oxygen atoms in total. The Bertz CT molecular complexity index is 536. The van der Waals surface area contributed by atoms with Crippen LogP contribution in [0.25, 0.3) is 0 Å². The van der Waals surface area contributed by atoms with Crippen LogP contribution in [0, 0.1) is 6.92 Å². The fourth-order valence-electron chi connectivity index (χ4n) is 2.80. The van der Waals surface area contributed by atoms with Crippen molar-refractivity contribution in [1.82, 2.24) is 5.32 Å². The maximum Gasteiger partial charge on any atom is 0.0498 e. The van der Waals surface area contributed by atoms with Gasteiger partial charge in [-0.3, -0.25) is 0 Å². The van der Waals surface area contributed by atoms with Gasteiger partial charge in [-0.1, -0.05) is 48.5 Å². The molecule has 98 valence electrons. The first kappa shape index (κ1) is 12.2. The van der Waals surface area contributed by atoms with Gasteiger partial charge >= 0.3 is 0 Å². The fourth-order valence-corrected chi connectivity index (χ4v) is 2.80. The third-order valence-electron chi connectivity index (χ3n) is 3.83. The lowest BCUT2D eigenvalue weighted by Gasteiger charge is -2.36. The standard InChI is InChI=1S/C17H20N2/c1-14-7-5-6-10-17(14)19-12-11-18-16(13-19)15-8-3-2-4-9-15/h2-10,16,18H,11-13H2,1H3. The van der Waals surface area contributed by atoms with E-state index in [9.17, 15) is 0 Å². The van der Waals surface area contributed by atoms with Gasteiger partial charge in [0.25, 0.3) is 0 Å². The van der Waals surface area contributed by atoms with Crippen LogP contribution in [0.1, 0.15) is 17.2 Å². The first-order valence-corrected chi connectivity index (χ1v) is 6.93. The van der Waals surface area contributed by atoms with E-state index in [0.29, 0.717) is 6.04 Å². The Balaban J connectivity index is 1.81. The summed E-state index contributed by atoms with van der Waals surface area (Å²) < 4.78 is 0. The quantitative estimate of drug-likeness (QED) is 0.883. The van der Waals surface area contributed by atoms with Gasteiger partial charge in [-0.2, -0.15) is 0 Å². The van der Waals surface area contributed by atoms with Crippen LogP contribution in [0.2, 0.25) is 0 Å². The van der Waals surface area contributed by atoms with Crippen LogP contribution in [-0.4, -0.2) is 19.6 Å². The van der Waals surface area contributed by atoms with Crippen LogP contribution in [0.5, 0.6) is 0 Å². The van der Waals surface area contributed by atoms with Gasteiger partial charge in [0.1, 0.15) is 0 Å². The summed E-state index contributed by atoms with van der Waals surface area (Å²) in [6.45, 7) is 5.34. The highest BCUT2D eigenvalue weighted by Crippen LogP contribution is 2.24. The fraction of sp³-hybridized carbons (Fsp3) is 0.294. The molecular weight excluding hydrogens is 232 g/mol. The highest BCUT2D eigenvalue weighted by molar-refractivity contribution is 5.53. The first-order chi connectivity index (χ1) is 9.34. The number of aryl methyl sites for hydroxylation is 1. The van der Waals surface area contributed by atoms with Crippen molar-refractivity contribution >= 4 is 5.69 Å². The van der Waals surface area contributed by atoms with Crippen LogP contribution in [0.3, 0.4) is 0 Å². The molecule has 0 saturated carbocycles. The van der Waals surface area contributed by atoms with Gasteiger partial charge in [0.15, 0.2) is 0 Å². The van der Waals surface area contributed by atoms with E-state index < -0.39 is 0 Å². The summed E-state index contributed by atoms with van der Waals surface area (Å²) in [5, 5.41) is 3.61. The van der Waals surface area contributed by atoms with Crippen molar-refractivity contribution < 1.29 is 0 Å². The third kappa shape index (κ3) is 2.64. The normalized spacial score (nSPS) is 19.4. The molecule has 2 aromatic carbocycles. The van der Waals surface area contributed by atoms with E-state index in [0.717, 1.165) is 19.6 Å². The Hall–Kier alpha value is -1.80. The molecule has 0 spiro atoms. The zero-order chi connectivity index (χ0) is 13.1. The van der Waals surface area contributed by atoms with Gasteiger partial charge in [-0.15, -0.1) is 0 Å². The number of para-hydroxylation sites is 1. The number of hydrogen-bond acceptors (Lipinski definition) is 2. The minimum atomic E-state index is 0.426. The largest absolute Gasteiger partial charge is 0.368 e. The molecule has 1 fully saturated rings. The summed E-state index contributed by atoms with van der Waals surface area (Å²) in [7, 11) is 0. The minimum Gasteiger partial charge on any atom is -0.368 e. The van der Waals surface area contributed by atoms with E-state index in [-0.39, 0.29) is 0 Å². The van der Waals surface area contributed by atoms with Gasteiger partial charge in [0.05, 0.1) is 0 Å². The van der Waals surface area contributed by atoms with Gasteiger partial charge in [0, 0.05) is 31.4 Å². The average Bonchev–Trinajstić information content (AvgIpc) is 2.49. The van der Waals surface area contributed by atoms with E-state index in [1.165, 1.54) is 16.8 Å². The summed E-state index contributed by atoms with van der Waals surface area (Å²) in [4.78, 5) is 2.49. The Morgan fingerprint density at radius 3 is 2.53 bits per heavy atom. The Kier molecular flexibility index (Phi) is 3.51. The predicted molar refractivity (Wildman–Crippen MR) is 80.6 cm³/mol. The molecule has 1 heterocycles. The smallest absolute Gasteiger partial charge is 0.0498 e. The SMILES string of the molecule is Cc1ccccc1N1CCNC(c2ccccc2)C1. The molecule has 1 aliphatic rings. The van der Waals surface area contributed by atoms with Crippen molar-refractivity contribution in [2.24, 2.45) is 0 Å². The molecule has 2 aromatic rings. The summed E-state index contributed by atoms with van der Waals surface area (Å²) in [6.07, 6.45) is 0. The highest BCUT2D eigenvalue weighted by atomic mass is 15.2. The van der Waals surface area contributed by atoms with Gasteiger partial charge in [-0.25, -0.2) is 0 Å². The summed E-state index contributed by atoms with van der Waals surface area (Å²) in [5.41, 5.74) is 4.10. The summed E-state index contributed by atoms with van der Waals surface area (Å²) in [5.74, 6) is 0. The molecule has 3 rings (SSSR count). The predicted octanol–water partition coefficient (Wildman–Crippen LogP) is 3.15. The molecular formula is C17H20N2. The Labute approximate surface area is 115 Å². The molecule has 1 aliphatic heterocycles. The molecule has 0 aromatic heterocycles. The molecule has 1 unspecified atom stereocenters. The monoisotopic (exact) mass is 252 g/mol. The second kappa shape index (κ2) is 5.45. The molecule has 0 bridgehead atoms. The van der Waals surface area contributed by atoms with Crippen LogP contribution in [-0.2, 0) is 0 Å². The molecule has 0 aliphatic carbocycles. The average molecular weight is 252 g/mol. The van der Waals surface area contributed by atoms with Crippen LogP contribution in [0.15, 0.2) is 54.6 Å². The number of rotatable bonds is 2. The van der Waals surface area contributed by atoms with E-state index in [2.05, 4.69) is 71.7 Å². The van der Waals surface area contributed by atoms with Gasteiger partial charge < -0.3 is 10.2 Å². The Morgan fingerprint density at radius 1 is 1.00 bits per heavy atom. The number of benzene rings is 2. The number of piperazine rings is 1. The number of anilines is 1. The van der Waals surface area contributed by atoms with Crippen molar-refractivity contribution in [3.05, 3.63) is 65.7 Å². The van der Waals surface area contributed by atoms with E-state index >= 15 is 0 Å². The lowest BCUT2D eigenvalue weighted by molar-refractivity contribution is 0.471. The van der Waals surface area contributed by atoms with Crippen molar-refractivity contribution in [3.8, 4) is 0 Å². The van der Waals surface area contributed by atoms with Crippen LogP contribution in [0.4, 0.5) is 5.69 Å². The van der Waals surface area contributed by atoms with E-state index in [1.807, 2.05) is 0 Å². The first-order valence-electron chi connectivity index (χ1n) is 6.93. The molecule has 0 radical (unpaired) electrons. The molecule has 1 N–H and O–H groups in total. The van der Waals surface area contributed by atoms with Crippen molar-refractivity contribution in [3.63, 3.8) is 0 Å². The van der Waals surface area contributed by atoms with E-state index in [4.69, 9.17) is 0 Å². The topological polar surface area (TPSA) is 15.3 Å². The molecule has 2 heteroatoms. The number of nitrogens with zero attached hydrogens (tertiary/aromatic N) is 1. The summed E-state index contributed by atoms with van der Waals surface area (Å²) in [6, 6.07) is 19.8. The number of hydrogen-bond donors (Lipinski definition) is 1. The molecule has 1 atom stereocenters. The zero-order valence-electron chi connectivity index (χ0n) is 11.3. The maximum atomic E-state index is 3.61. The van der Waals surface area contributed by atoms with Crippen LogP contribution < -0.4 is 10.2 Å². The third-order valence-corrected chi connectivity index (χ3v) is 3.83. The van der Waals surface area contributed by atoms with Crippen LogP contribution >= 0.6 is 0 Å². The van der Waals surface area contributed by atoms with E-state index in [1.54, 1.807) is 0 Å². The summed E-state index contributed by atoms with van der Waals surface area (Å²) >= 11 is 0. The van der Waals surface area contributed by atoms with Crippen molar-refractivity contribution in [2.45, 2.75) is 13.0 Å². The van der Waals surface area contributed by atoms with Gasteiger partial charge in [0.2, 0.25) is 0 Å². The molecule has 19 heavy (non-hydrogen) atoms. The van der Waals surface area contributed by atoms with Crippen molar-refractivity contribution in [2.75, 3.05) is 24.5 Å². The maximum absolute atomic E-state index is 3.61. The van der Waals surface area contributed by atoms with Gasteiger partial charge in [-0.05, 0) is 24.1 Å².